The van der Waals surface area contributed by atoms with Crippen LogP contribution in [0.25, 0.3) is 0 Å². The van der Waals surface area contributed by atoms with E-state index in [1.54, 1.807) is 11.3 Å². The number of aryl methyl sites for hydroxylation is 1. The first-order chi connectivity index (χ1) is 15.9. The molecule has 7 heteroatoms. The monoisotopic (exact) mass is 496 g/mol. The molecule has 0 amide bonds. The van der Waals surface area contributed by atoms with Crippen LogP contribution in [0.2, 0.25) is 5.02 Å². The number of piperidine rings is 1. The number of halogens is 1. The van der Waals surface area contributed by atoms with Crippen molar-refractivity contribution in [3.05, 3.63) is 75.2 Å². The number of hydrogen-bond donors (Lipinski definition) is 1. The van der Waals surface area contributed by atoms with E-state index in [0.29, 0.717) is 16.9 Å². The highest BCUT2D eigenvalue weighted by molar-refractivity contribution is 7.80. The number of nitrogens with zero attached hydrogens (tertiary/aromatic N) is 3. The molecule has 2 aliphatic rings. The third kappa shape index (κ3) is 4.36. The maximum atomic E-state index is 6.90. The first kappa shape index (κ1) is 22.6. The van der Waals surface area contributed by atoms with Crippen molar-refractivity contribution in [2.45, 2.75) is 39.3 Å². The fourth-order valence-electron chi connectivity index (χ4n) is 5.35. The lowest BCUT2D eigenvalue weighted by molar-refractivity contribution is 0.357. The predicted molar refractivity (Wildman–Crippen MR) is 144 cm³/mol. The van der Waals surface area contributed by atoms with Gasteiger partial charge >= 0.3 is 0 Å². The number of benzene rings is 1. The Morgan fingerprint density at radius 1 is 1.12 bits per heavy atom. The van der Waals surface area contributed by atoms with Gasteiger partial charge in [-0.05, 0) is 84.7 Å². The number of hydrogen-bond acceptors (Lipinski definition) is 4. The topological polar surface area (TPSA) is 31.4 Å². The van der Waals surface area contributed by atoms with Crippen LogP contribution in [0.5, 0.6) is 0 Å². The number of aromatic nitrogens is 1. The van der Waals surface area contributed by atoms with Gasteiger partial charge in [-0.2, -0.15) is 0 Å². The van der Waals surface area contributed by atoms with E-state index >= 15 is 0 Å². The highest BCUT2D eigenvalue weighted by atomic mass is 35.5. The first-order valence-corrected chi connectivity index (χ1v) is 13.2. The number of rotatable bonds is 4. The molecule has 2 aromatic heterocycles. The van der Waals surface area contributed by atoms with Gasteiger partial charge in [-0.15, -0.1) is 11.3 Å². The molecular formula is C26H29ClN4S2. The van der Waals surface area contributed by atoms with Crippen molar-refractivity contribution in [2.75, 3.05) is 22.9 Å². The third-order valence-electron chi connectivity index (χ3n) is 6.69. The SMILES string of the molecule is Cc1ccsc1[C@@H]1[C@@H](c2ccccn2)NC(=S)N1c1ccc(N2C[C@H](C)C[C@H](C)C2)c(Cl)c1. The summed E-state index contributed by atoms with van der Waals surface area (Å²) < 4.78 is 0. The molecule has 0 radical (unpaired) electrons. The molecule has 1 aromatic carbocycles. The molecule has 4 atom stereocenters. The van der Waals surface area contributed by atoms with Crippen LogP contribution in [0.15, 0.2) is 54.0 Å². The van der Waals surface area contributed by atoms with E-state index in [1.807, 2.05) is 18.3 Å². The first-order valence-electron chi connectivity index (χ1n) is 11.5. The molecule has 2 fully saturated rings. The molecule has 1 N–H and O–H groups in total. The average Bonchev–Trinajstić information content (AvgIpc) is 3.35. The largest absolute Gasteiger partial charge is 0.370 e. The van der Waals surface area contributed by atoms with Gasteiger partial charge in [0.15, 0.2) is 5.11 Å². The summed E-state index contributed by atoms with van der Waals surface area (Å²) in [4.78, 5) is 10.6. The Morgan fingerprint density at radius 3 is 2.55 bits per heavy atom. The van der Waals surface area contributed by atoms with Gasteiger partial charge in [0, 0.05) is 29.9 Å². The maximum Gasteiger partial charge on any atom is 0.174 e. The molecule has 0 unspecified atom stereocenters. The molecule has 0 spiro atoms. The number of thiocarbonyl (C=S) groups is 1. The Bertz CT molecular complexity index is 1140. The van der Waals surface area contributed by atoms with Crippen molar-refractivity contribution in [1.29, 1.82) is 0 Å². The van der Waals surface area contributed by atoms with Gasteiger partial charge in [0.25, 0.3) is 0 Å². The van der Waals surface area contributed by atoms with E-state index in [4.69, 9.17) is 23.8 Å². The minimum absolute atomic E-state index is 0.0179. The van der Waals surface area contributed by atoms with Crippen LogP contribution >= 0.6 is 35.2 Å². The fraction of sp³-hybridized carbons (Fsp3) is 0.385. The highest BCUT2D eigenvalue weighted by Gasteiger charge is 2.42. The Balaban J connectivity index is 1.52. The van der Waals surface area contributed by atoms with Gasteiger partial charge in [0.2, 0.25) is 0 Å². The van der Waals surface area contributed by atoms with Gasteiger partial charge in [0.05, 0.1) is 28.5 Å². The Kier molecular flexibility index (Phi) is 6.34. The van der Waals surface area contributed by atoms with Gasteiger partial charge in [-0.25, -0.2) is 0 Å². The normalized spacial score (nSPS) is 25.4. The molecule has 0 aliphatic carbocycles. The molecule has 0 bridgehead atoms. The quantitative estimate of drug-likeness (QED) is 0.403. The van der Waals surface area contributed by atoms with Crippen LogP contribution in [0.1, 0.15) is 48.5 Å². The number of pyridine rings is 1. The summed E-state index contributed by atoms with van der Waals surface area (Å²) in [6.07, 6.45) is 3.12. The second-order valence-corrected chi connectivity index (χ2v) is 11.2. The summed E-state index contributed by atoms with van der Waals surface area (Å²) >= 11 is 14.5. The van der Waals surface area contributed by atoms with Crippen molar-refractivity contribution < 1.29 is 0 Å². The predicted octanol–water partition coefficient (Wildman–Crippen LogP) is 6.76. The Labute approximate surface area is 210 Å². The van der Waals surface area contributed by atoms with Crippen LogP contribution in [0.4, 0.5) is 11.4 Å². The van der Waals surface area contributed by atoms with Gasteiger partial charge in [0.1, 0.15) is 0 Å². The molecule has 2 aliphatic heterocycles. The second-order valence-electron chi connectivity index (χ2n) is 9.45. The maximum absolute atomic E-state index is 6.90. The van der Waals surface area contributed by atoms with Crippen molar-refractivity contribution in [3.63, 3.8) is 0 Å². The summed E-state index contributed by atoms with van der Waals surface area (Å²) in [5.41, 5.74) is 4.37. The summed E-state index contributed by atoms with van der Waals surface area (Å²) in [5.74, 6) is 1.34. The van der Waals surface area contributed by atoms with Gasteiger partial charge < -0.3 is 15.1 Å². The molecule has 5 rings (SSSR count). The third-order valence-corrected chi connectivity index (χ3v) is 8.39. The zero-order valence-corrected chi connectivity index (χ0v) is 21.6. The van der Waals surface area contributed by atoms with Crippen LogP contribution in [-0.2, 0) is 0 Å². The van der Waals surface area contributed by atoms with Crippen LogP contribution in [0, 0.1) is 18.8 Å². The van der Waals surface area contributed by atoms with Crippen molar-refractivity contribution in [2.24, 2.45) is 11.8 Å². The fourth-order valence-corrected chi connectivity index (χ4v) is 7.04. The van der Waals surface area contributed by atoms with E-state index in [-0.39, 0.29) is 12.1 Å². The second kappa shape index (κ2) is 9.24. The average molecular weight is 497 g/mol. The number of anilines is 2. The molecule has 0 saturated carbocycles. The minimum atomic E-state index is -0.0294. The van der Waals surface area contributed by atoms with Crippen LogP contribution < -0.4 is 15.1 Å². The summed E-state index contributed by atoms with van der Waals surface area (Å²) in [5, 5.41) is 7.17. The Hall–Kier alpha value is -2.15. The summed E-state index contributed by atoms with van der Waals surface area (Å²) in [6, 6.07) is 14.6. The van der Waals surface area contributed by atoms with Gasteiger partial charge in [-0.1, -0.05) is 31.5 Å². The lowest BCUT2D eigenvalue weighted by Crippen LogP contribution is -2.38. The smallest absolute Gasteiger partial charge is 0.174 e. The van der Waals surface area contributed by atoms with Crippen molar-refractivity contribution in [3.8, 4) is 0 Å². The molecule has 33 heavy (non-hydrogen) atoms. The lowest BCUT2D eigenvalue weighted by atomic mass is 9.91. The standard InChI is InChI=1S/C26H29ClN4S2/c1-16-12-17(2)15-30(14-16)22-8-7-19(13-20(22)27)31-24(25-18(3)9-11-33-25)23(29-26(31)32)21-6-4-5-10-28-21/h4-11,13,16-17,23-24H,12,14-15H2,1-3H3,(H,29,32)/t16-,17+,23-,24+/m1/s1. The summed E-state index contributed by atoms with van der Waals surface area (Å²) in [6.45, 7) is 8.91. The van der Waals surface area contributed by atoms with E-state index in [2.05, 4.69) is 76.6 Å². The van der Waals surface area contributed by atoms with E-state index in [1.165, 1.54) is 16.9 Å². The summed E-state index contributed by atoms with van der Waals surface area (Å²) in [7, 11) is 0. The number of nitrogens with one attached hydrogen (secondary N) is 1. The highest BCUT2D eigenvalue weighted by Crippen LogP contribution is 2.45. The molecular weight excluding hydrogens is 468 g/mol. The molecule has 172 valence electrons. The van der Waals surface area contributed by atoms with E-state index in [0.717, 1.165) is 35.2 Å². The minimum Gasteiger partial charge on any atom is -0.370 e. The zero-order chi connectivity index (χ0) is 23.1. The van der Waals surface area contributed by atoms with Crippen molar-refractivity contribution >= 4 is 51.6 Å². The van der Waals surface area contributed by atoms with Gasteiger partial charge in [-0.3, -0.25) is 4.98 Å². The van der Waals surface area contributed by atoms with Crippen LogP contribution in [0.3, 0.4) is 0 Å². The lowest BCUT2D eigenvalue weighted by Gasteiger charge is -2.37. The van der Waals surface area contributed by atoms with E-state index < -0.39 is 0 Å². The Morgan fingerprint density at radius 2 is 1.91 bits per heavy atom. The molecule has 3 aromatic rings. The van der Waals surface area contributed by atoms with Crippen LogP contribution in [-0.4, -0.2) is 23.2 Å². The van der Waals surface area contributed by atoms with Crippen molar-refractivity contribution in [1.82, 2.24) is 10.3 Å². The number of thiophene rings is 1. The molecule has 2 saturated heterocycles. The molecule has 4 nitrogen and oxygen atoms in total. The van der Waals surface area contributed by atoms with E-state index in [9.17, 15) is 0 Å². The molecule has 4 heterocycles. The zero-order valence-electron chi connectivity index (χ0n) is 19.2.